The lowest BCUT2D eigenvalue weighted by molar-refractivity contribution is 0.104. The van der Waals surface area contributed by atoms with Crippen molar-refractivity contribution >= 4 is 27.6 Å². The lowest BCUT2D eigenvalue weighted by atomic mass is 10.1. The number of benzene rings is 3. The van der Waals surface area contributed by atoms with Crippen molar-refractivity contribution in [2.24, 2.45) is 0 Å². The van der Waals surface area contributed by atoms with Crippen molar-refractivity contribution < 1.29 is 17.9 Å². The molecule has 0 radical (unpaired) electrons. The Morgan fingerprint density at radius 2 is 1.54 bits per heavy atom. The second-order valence-electron chi connectivity index (χ2n) is 5.97. The Labute approximate surface area is 164 Å². The fraction of sp³-hybridized carbons (Fsp3) is 0.0455. The number of hydrogen-bond donors (Lipinski definition) is 1. The van der Waals surface area contributed by atoms with E-state index in [0.29, 0.717) is 11.3 Å². The largest absolute Gasteiger partial charge is 0.497 e. The van der Waals surface area contributed by atoms with Gasteiger partial charge >= 0.3 is 0 Å². The van der Waals surface area contributed by atoms with E-state index in [1.807, 2.05) is 24.3 Å². The number of rotatable bonds is 7. The third-order valence-corrected chi connectivity index (χ3v) is 5.42. The maximum atomic E-state index is 12.3. The van der Waals surface area contributed by atoms with Crippen LogP contribution < -0.4 is 9.46 Å². The Morgan fingerprint density at radius 1 is 0.893 bits per heavy atom. The number of carbonyl (C=O) groups is 1. The summed E-state index contributed by atoms with van der Waals surface area (Å²) in [4.78, 5) is 12.5. The predicted octanol–water partition coefficient (Wildman–Crippen LogP) is 4.39. The molecule has 0 aliphatic carbocycles. The lowest BCUT2D eigenvalue weighted by Crippen LogP contribution is -2.12. The standard InChI is InChI=1S/C22H19NO4S/c1-27-20-14-7-17(8-15-20)9-16-22(24)18-10-12-19(13-11-18)23-28(25,26)21-5-3-2-4-6-21/h2-16,23H,1H3/b16-9+. The van der Waals surface area contributed by atoms with E-state index in [4.69, 9.17) is 4.74 Å². The van der Waals surface area contributed by atoms with Gasteiger partial charge in [-0.3, -0.25) is 9.52 Å². The van der Waals surface area contributed by atoms with Gasteiger partial charge in [-0.05, 0) is 60.2 Å². The molecule has 0 aliphatic rings. The normalized spacial score (nSPS) is 11.3. The fourth-order valence-electron chi connectivity index (χ4n) is 2.50. The molecule has 0 spiro atoms. The minimum absolute atomic E-state index is 0.173. The van der Waals surface area contributed by atoms with Crippen molar-refractivity contribution in [3.63, 3.8) is 0 Å². The van der Waals surface area contributed by atoms with E-state index in [-0.39, 0.29) is 10.7 Å². The van der Waals surface area contributed by atoms with Gasteiger partial charge in [0.05, 0.1) is 12.0 Å². The van der Waals surface area contributed by atoms with Crippen LogP contribution in [0.5, 0.6) is 5.75 Å². The van der Waals surface area contributed by atoms with Crippen LogP contribution in [0.4, 0.5) is 5.69 Å². The van der Waals surface area contributed by atoms with Gasteiger partial charge in [-0.2, -0.15) is 0 Å². The highest BCUT2D eigenvalue weighted by Gasteiger charge is 2.13. The van der Waals surface area contributed by atoms with Gasteiger partial charge in [0, 0.05) is 11.3 Å². The molecule has 0 saturated carbocycles. The van der Waals surface area contributed by atoms with E-state index >= 15 is 0 Å². The number of nitrogens with one attached hydrogen (secondary N) is 1. The molecule has 0 fully saturated rings. The Hall–Kier alpha value is -3.38. The molecule has 0 amide bonds. The minimum atomic E-state index is -3.66. The topological polar surface area (TPSA) is 72.5 Å². The summed E-state index contributed by atoms with van der Waals surface area (Å²) in [6.07, 6.45) is 3.19. The SMILES string of the molecule is COc1ccc(/C=C/C(=O)c2ccc(NS(=O)(=O)c3ccccc3)cc2)cc1. The molecular formula is C22H19NO4S. The van der Waals surface area contributed by atoms with E-state index in [1.165, 1.54) is 18.2 Å². The van der Waals surface area contributed by atoms with Gasteiger partial charge in [-0.1, -0.05) is 36.4 Å². The van der Waals surface area contributed by atoms with Crippen LogP contribution in [0.15, 0.2) is 89.8 Å². The highest BCUT2D eigenvalue weighted by atomic mass is 32.2. The smallest absolute Gasteiger partial charge is 0.261 e. The number of allylic oxidation sites excluding steroid dienone is 1. The molecule has 0 unspecified atom stereocenters. The monoisotopic (exact) mass is 393 g/mol. The average Bonchev–Trinajstić information content (AvgIpc) is 2.73. The van der Waals surface area contributed by atoms with Crippen molar-refractivity contribution in [2.75, 3.05) is 11.8 Å². The molecule has 1 N–H and O–H groups in total. The van der Waals surface area contributed by atoms with Gasteiger partial charge in [-0.25, -0.2) is 8.42 Å². The van der Waals surface area contributed by atoms with Crippen LogP contribution in [0.2, 0.25) is 0 Å². The van der Waals surface area contributed by atoms with Crippen molar-refractivity contribution in [3.05, 3.63) is 96.1 Å². The molecular weight excluding hydrogens is 374 g/mol. The Morgan fingerprint density at radius 3 is 2.14 bits per heavy atom. The van der Waals surface area contributed by atoms with Crippen LogP contribution in [0.1, 0.15) is 15.9 Å². The zero-order valence-electron chi connectivity index (χ0n) is 15.2. The van der Waals surface area contributed by atoms with Crippen molar-refractivity contribution in [3.8, 4) is 5.75 Å². The molecule has 3 rings (SSSR count). The Bertz CT molecular complexity index is 1070. The summed E-state index contributed by atoms with van der Waals surface area (Å²) in [6.45, 7) is 0. The minimum Gasteiger partial charge on any atom is -0.497 e. The second-order valence-corrected chi connectivity index (χ2v) is 7.65. The number of methoxy groups -OCH3 is 1. The van der Waals surface area contributed by atoms with E-state index in [0.717, 1.165) is 11.3 Å². The van der Waals surface area contributed by atoms with Crippen LogP contribution in [-0.4, -0.2) is 21.3 Å². The van der Waals surface area contributed by atoms with Gasteiger partial charge in [0.1, 0.15) is 5.75 Å². The molecule has 5 nitrogen and oxygen atoms in total. The number of hydrogen-bond acceptors (Lipinski definition) is 4. The van der Waals surface area contributed by atoms with Crippen LogP contribution in [0.25, 0.3) is 6.08 Å². The summed E-state index contributed by atoms with van der Waals surface area (Å²) >= 11 is 0. The summed E-state index contributed by atoms with van der Waals surface area (Å²) in [5.41, 5.74) is 1.73. The quantitative estimate of drug-likeness (QED) is 0.477. The summed E-state index contributed by atoms with van der Waals surface area (Å²) in [5, 5.41) is 0. The zero-order chi connectivity index (χ0) is 20.0. The summed E-state index contributed by atoms with van der Waals surface area (Å²) in [7, 11) is -2.06. The maximum absolute atomic E-state index is 12.3. The lowest BCUT2D eigenvalue weighted by Gasteiger charge is -2.08. The molecule has 28 heavy (non-hydrogen) atoms. The molecule has 0 aliphatic heterocycles. The molecule has 142 valence electrons. The number of anilines is 1. The predicted molar refractivity (Wildman–Crippen MR) is 110 cm³/mol. The molecule has 3 aromatic rings. The number of carbonyl (C=O) groups excluding carboxylic acids is 1. The van der Waals surface area contributed by atoms with Crippen LogP contribution in [0, 0.1) is 0 Å². The first-order chi connectivity index (χ1) is 13.5. The molecule has 3 aromatic carbocycles. The van der Waals surface area contributed by atoms with Gasteiger partial charge in [0.2, 0.25) is 0 Å². The van der Waals surface area contributed by atoms with Crippen LogP contribution >= 0.6 is 0 Å². The number of ketones is 1. The number of ether oxygens (including phenoxy) is 1. The van der Waals surface area contributed by atoms with Gasteiger partial charge in [0.25, 0.3) is 10.0 Å². The van der Waals surface area contributed by atoms with Crippen LogP contribution in [-0.2, 0) is 10.0 Å². The molecule has 0 atom stereocenters. The highest BCUT2D eigenvalue weighted by molar-refractivity contribution is 7.92. The van der Waals surface area contributed by atoms with Crippen LogP contribution in [0.3, 0.4) is 0 Å². The Balaban J connectivity index is 1.68. The zero-order valence-corrected chi connectivity index (χ0v) is 16.0. The summed E-state index contributed by atoms with van der Waals surface area (Å²) in [5.74, 6) is 0.574. The molecule has 0 heterocycles. The second kappa shape index (κ2) is 8.54. The van der Waals surface area contributed by atoms with E-state index in [1.54, 1.807) is 55.7 Å². The maximum Gasteiger partial charge on any atom is 0.261 e. The van der Waals surface area contributed by atoms with Crippen molar-refractivity contribution in [1.29, 1.82) is 0 Å². The first kappa shape index (κ1) is 19.4. The van der Waals surface area contributed by atoms with Gasteiger partial charge in [-0.15, -0.1) is 0 Å². The summed E-state index contributed by atoms with van der Waals surface area (Å²) < 4.78 is 32.3. The molecule has 6 heteroatoms. The summed E-state index contributed by atoms with van der Waals surface area (Å²) in [6, 6.07) is 21.7. The fourth-order valence-corrected chi connectivity index (χ4v) is 3.58. The third kappa shape index (κ3) is 4.86. The average molecular weight is 393 g/mol. The van der Waals surface area contributed by atoms with Gasteiger partial charge in [0.15, 0.2) is 5.78 Å². The highest BCUT2D eigenvalue weighted by Crippen LogP contribution is 2.17. The molecule has 0 bridgehead atoms. The van der Waals surface area contributed by atoms with Gasteiger partial charge < -0.3 is 4.74 Å². The van der Waals surface area contributed by atoms with Crippen molar-refractivity contribution in [1.82, 2.24) is 0 Å². The van der Waals surface area contributed by atoms with E-state index in [9.17, 15) is 13.2 Å². The molecule has 0 aromatic heterocycles. The first-order valence-corrected chi connectivity index (χ1v) is 10.0. The first-order valence-electron chi connectivity index (χ1n) is 8.52. The Kier molecular flexibility index (Phi) is 5.91. The van der Waals surface area contributed by atoms with Crippen molar-refractivity contribution in [2.45, 2.75) is 4.90 Å². The van der Waals surface area contributed by atoms with E-state index < -0.39 is 10.0 Å². The van der Waals surface area contributed by atoms with E-state index in [2.05, 4.69) is 4.72 Å². The third-order valence-electron chi connectivity index (χ3n) is 4.02. The molecule has 0 saturated heterocycles. The number of sulfonamides is 1.